The van der Waals surface area contributed by atoms with Crippen LogP contribution in [0.5, 0.6) is 0 Å². The van der Waals surface area contributed by atoms with E-state index in [2.05, 4.69) is 68.2 Å². The van der Waals surface area contributed by atoms with Gasteiger partial charge in [0.2, 0.25) is 0 Å². The Bertz CT molecular complexity index is 586. The van der Waals surface area contributed by atoms with Gasteiger partial charge in [-0.05, 0) is 37.1 Å². The Morgan fingerprint density at radius 2 is 2.05 bits per heavy atom. The minimum atomic E-state index is 0.813. The fraction of sp³-hybridized carbons (Fsp3) is 0.333. The van der Waals surface area contributed by atoms with Crippen LogP contribution in [0.25, 0.3) is 0 Å². The summed E-state index contributed by atoms with van der Waals surface area (Å²) >= 11 is 3.52. The van der Waals surface area contributed by atoms with E-state index in [1.54, 1.807) is 6.33 Å². The van der Waals surface area contributed by atoms with Gasteiger partial charge in [-0.2, -0.15) is 0 Å². The molecule has 2 rings (SSSR count). The van der Waals surface area contributed by atoms with Gasteiger partial charge < -0.3 is 10.2 Å². The van der Waals surface area contributed by atoms with Gasteiger partial charge in [0.1, 0.15) is 18.0 Å². The summed E-state index contributed by atoms with van der Waals surface area (Å²) < 4.78 is 1.10. The van der Waals surface area contributed by atoms with E-state index in [-0.39, 0.29) is 0 Å². The quantitative estimate of drug-likeness (QED) is 0.906. The van der Waals surface area contributed by atoms with Gasteiger partial charge in [-0.15, -0.1) is 0 Å². The van der Waals surface area contributed by atoms with Crippen LogP contribution in [0, 0.1) is 6.92 Å². The Labute approximate surface area is 128 Å². The lowest BCUT2D eigenvalue weighted by Gasteiger charge is -2.20. The van der Waals surface area contributed by atoms with Crippen molar-refractivity contribution >= 4 is 27.6 Å². The average Bonchev–Trinajstić information content (AvgIpc) is 2.43. The standard InChI is InChI=1S/C15H19BrN4/c1-4-17-14-8-15(19-10-18-14)20(3)9-12-7-13(16)6-5-11(12)2/h5-8,10H,4,9H2,1-3H3,(H,17,18,19). The van der Waals surface area contributed by atoms with Gasteiger partial charge in [-0.25, -0.2) is 9.97 Å². The van der Waals surface area contributed by atoms with Crippen molar-refractivity contribution in [3.8, 4) is 0 Å². The van der Waals surface area contributed by atoms with Crippen LogP contribution in [-0.4, -0.2) is 23.6 Å². The zero-order chi connectivity index (χ0) is 14.5. The fourth-order valence-corrected chi connectivity index (χ4v) is 2.39. The van der Waals surface area contributed by atoms with Gasteiger partial charge in [0.15, 0.2) is 0 Å². The van der Waals surface area contributed by atoms with Gasteiger partial charge in [0.05, 0.1) is 0 Å². The van der Waals surface area contributed by atoms with Crippen molar-refractivity contribution in [3.63, 3.8) is 0 Å². The molecule has 1 heterocycles. The summed E-state index contributed by atoms with van der Waals surface area (Å²) in [4.78, 5) is 10.6. The third kappa shape index (κ3) is 3.70. The van der Waals surface area contributed by atoms with Crippen molar-refractivity contribution in [1.82, 2.24) is 9.97 Å². The van der Waals surface area contributed by atoms with E-state index >= 15 is 0 Å². The first kappa shape index (κ1) is 14.8. The number of nitrogens with one attached hydrogen (secondary N) is 1. The highest BCUT2D eigenvalue weighted by Crippen LogP contribution is 2.20. The van der Waals surface area contributed by atoms with Crippen molar-refractivity contribution in [3.05, 3.63) is 46.2 Å². The van der Waals surface area contributed by atoms with E-state index in [4.69, 9.17) is 0 Å². The molecule has 0 radical (unpaired) electrons. The number of halogens is 1. The second-order valence-electron chi connectivity index (χ2n) is 4.72. The van der Waals surface area contributed by atoms with Crippen LogP contribution in [0.3, 0.4) is 0 Å². The largest absolute Gasteiger partial charge is 0.370 e. The maximum Gasteiger partial charge on any atom is 0.134 e. The Morgan fingerprint density at radius 3 is 2.80 bits per heavy atom. The first-order valence-corrected chi connectivity index (χ1v) is 7.41. The molecular weight excluding hydrogens is 316 g/mol. The predicted molar refractivity (Wildman–Crippen MR) is 87.2 cm³/mol. The molecule has 0 unspecified atom stereocenters. The maximum absolute atomic E-state index is 4.33. The molecular formula is C15H19BrN4. The molecule has 2 aromatic rings. The van der Waals surface area contributed by atoms with Crippen molar-refractivity contribution in [2.45, 2.75) is 20.4 Å². The smallest absolute Gasteiger partial charge is 0.134 e. The summed E-state index contributed by atoms with van der Waals surface area (Å²) in [5, 5.41) is 3.20. The van der Waals surface area contributed by atoms with Gasteiger partial charge in [0, 0.05) is 30.7 Å². The number of benzene rings is 1. The third-order valence-electron chi connectivity index (χ3n) is 3.12. The van der Waals surface area contributed by atoms with Crippen molar-refractivity contribution in [2.24, 2.45) is 0 Å². The molecule has 0 amide bonds. The SMILES string of the molecule is CCNc1cc(N(C)Cc2cc(Br)ccc2C)ncn1. The van der Waals surface area contributed by atoms with Crippen LogP contribution in [-0.2, 0) is 6.54 Å². The molecule has 0 atom stereocenters. The lowest BCUT2D eigenvalue weighted by molar-refractivity contribution is 0.883. The molecule has 1 N–H and O–H groups in total. The molecule has 106 valence electrons. The molecule has 1 aromatic heterocycles. The van der Waals surface area contributed by atoms with Crippen LogP contribution < -0.4 is 10.2 Å². The van der Waals surface area contributed by atoms with Crippen LogP contribution >= 0.6 is 15.9 Å². The molecule has 5 heteroatoms. The number of hydrogen-bond acceptors (Lipinski definition) is 4. The van der Waals surface area contributed by atoms with Gasteiger partial charge in [-0.3, -0.25) is 0 Å². The van der Waals surface area contributed by atoms with Crippen molar-refractivity contribution < 1.29 is 0 Å². The van der Waals surface area contributed by atoms with Gasteiger partial charge in [0.25, 0.3) is 0 Å². The summed E-state index contributed by atoms with van der Waals surface area (Å²) in [6, 6.07) is 8.30. The van der Waals surface area contributed by atoms with Crippen LogP contribution in [0.2, 0.25) is 0 Å². The highest BCUT2D eigenvalue weighted by molar-refractivity contribution is 9.10. The maximum atomic E-state index is 4.33. The summed E-state index contributed by atoms with van der Waals surface area (Å²) in [5.41, 5.74) is 2.56. The number of nitrogens with zero attached hydrogens (tertiary/aromatic N) is 3. The highest BCUT2D eigenvalue weighted by Gasteiger charge is 2.07. The molecule has 0 bridgehead atoms. The molecule has 0 spiro atoms. The van der Waals surface area contributed by atoms with E-state index in [1.165, 1.54) is 11.1 Å². The molecule has 0 saturated heterocycles. The Hall–Kier alpha value is -1.62. The number of rotatable bonds is 5. The summed E-state index contributed by atoms with van der Waals surface area (Å²) in [5.74, 6) is 1.77. The lowest BCUT2D eigenvalue weighted by Crippen LogP contribution is -2.18. The van der Waals surface area contributed by atoms with Crippen LogP contribution in [0.15, 0.2) is 35.1 Å². The monoisotopic (exact) mass is 334 g/mol. The van der Waals surface area contributed by atoms with Gasteiger partial charge >= 0.3 is 0 Å². The molecule has 4 nitrogen and oxygen atoms in total. The van der Waals surface area contributed by atoms with E-state index < -0.39 is 0 Å². The Morgan fingerprint density at radius 1 is 1.25 bits per heavy atom. The lowest BCUT2D eigenvalue weighted by atomic mass is 10.1. The van der Waals surface area contributed by atoms with Crippen LogP contribution in [0.4, 0.5) is 11.6 Å². The highest BCUT2D eigenvalue weighted by atomic mass is 79.9. The number of anilines is 2. The summed E-state index contributed by atoms with van der Waals surface area (Å²) in [6.45, 7) is 5.84. The molecule has 0 aliphatic carbocycles. The zero-order valence-electron chi connectivity index (χ0n) is 12.0. The molecule has 0 aliphatic rings. The topological polar surface area (TPSA) is 41.0 Å². The molecule has 0 fully saturated rings. The first-order chi connectivity index (χ1) is 9.60. The average molecular weight is 335 g/mol. The van der Waals surface area contributed by atoms with E-state index in [1.807, 2.05) is 13.1 Å². The number of hydrogen-bond donors (Lipinski definition) is 1. The van der Waals surface area contributed by atoms with E-state index in [0.717, 1.165) is 29.2 Å². The Balaban J connectivity index is 2.17. The Kier molecular flexibility index (Phi) is 4.95. The minimum Gasteiger partial charge on any atom is -0.370 e. The van der Waals surface area contributed by atoms with Crippen molar-refractivity contribution in [1.29, 1.82) is 0 Å². The molecule has 0 aliphatic heterocycles. The van der Waals surface area contributed by atoms with E-state index in [9.17, 15) is 0 Å². The second kappa shape index (κ2) is 6.70. The fourth-order valence-electron chi connectivity index (χ4n) is 1.98. The van der Waals surface area contributed by atoms with Crippen molar-refractivity contribution in [2.75, 3.05) is 23.8 Å². The summed E-state index contributed by atoms with van der Waals surface area (Å²) in [7, 11) is 2.04. The third-order valence-corrected chi connectivity index (χ3v) is 3.61. The second-order valence-corrected chi connectivity index (χ2v) is 5.63. The zero-order valence-corrected chi connectivity index (χ0v) is 13.6. The molecule has 20 heavy (non-hydrogen) atoms. The molecule has 0 saturated carbocycles. The van der Waals surface area contributed by atoms with E-state index in [0.29, 0.717) is 0 Å². The number of aryl methyl sites for hydroxylation is 1. The minimum absolute atomic E-state index is 0.813. The molecule has 1 aromatic carbocycles. The van der Waals surface area contributed by atoms with Gasteiger partial charge in [-0.1, -0.05) is 22.0 Å². The predicted octanol–water partition coefficient (Wildman–Crippen LogP) is 3.62. The van der Waals surface area contributed by atoms with Crippen LogP contribution in [0.1, 0.15) is 18.1 Å². The number of aromatic nitrogens is 2. The normalized spacial score (nSPS) is 10.4. The summed E-state index contributed by atoms with van der Waals surface area (Å²) in [6.07, 6.45) is 1.59. The first-order valence-electron chi connectivity index (χ1n) is 6.62.